The van der Waals surface area contributed by atoms with E-state index < -0.39 is 18.8 Å². The molecule has 0 spiro atoms. The van der Waals surface area contributed by atoms with Gasteiger partial charge < -0.3 is 10.4 Å². The average molecular weight is 207 g/mol. The van der Waals surface area contributed by atoms with Crippen LogP contribution in [0.1, 0.15) is 0 Å². The highest BCUT2D eigenvalue weighted by molar-refractivity contribution is 5.29. The molecular formula is C7H8F3N3O. The lowest BCUT2D eigenvalue weighted by molar-refractivity contribution is -0.198. The zero-order chi connectivity index (χ0) is 10.6. The van der Waals surface area contributed by atoms with Crippen LogP contribution in [0.25, 0.3) is 0 Å². The molecular weight excluding hydrogens is 199 g/mol. The van der Waals surface area contributed by atoms with Crippen molar-refractivity contribution in [3.05, 3.63) is 18.6 Å². The molecule has 0 bridgehead atoms. The molecule has 0 aliphatic rings. The first-order valence-electron chi connectivity index (χ1n) is 3.75. The monoisotopic (exact) mass is 207 g/mol. The first kappa shape index (κ1) is 10.7. The zero-order valence-electron chi connectivity index (χ0n) is 6.99. The molecule has 0 saturated carbocycles. The Morgan fingerprint density at radius 1 is 1.43 bits per heavy atom. The van der Waals surface area contributed by atoms with Crippen LogP contribution in [0.5, 0.6) is 0 Å². The predicted octanol–water partition coefficient (Wildman–Crippen LogP) is 0.812. The minimum atomic E-state index is -4.62. The summed E-state index contributed by atoms with van der Waals surface area (Å²) in [5.41, 5.74) is 0. The van der Waals surface area contributed by atoms with E-state index in [4.69, 9.17) is 5.11 Å². The third-order valence-electron chi connectivity index (χ3n) is 1.42. The highest BCUT2D eigenvalue weighted by Crippen LogP contribution is 2.19. The standard InChI is InChI=1S/C7H8F3N3O/c8-7(9,10)5(14)3-13-6-4-11-1-2-12-6/h1-2,4-5,14H,3H2,(H,12,13). The van der Waals surface area contributed by atoms with Gasteiger partial charge in [-0.3, -0.25) is 4.98 Å². The van der Waals surface area contributed by atoms with Crippen LogP contribution in [0.4, 0.5) is 19.0 Å². The van der Waals surface area contributed by atoms with Crippen LogP contribution in [0, 0.1) is 0 Å². The lowest BCUT2D eigenvalue weighted by atomic mass is 10.3. The molecule has 0 fully saturated rings. The molecule has 0 radical (unpaired) electrons. The number of nitrogens with zero attached hydrogens (tertiary/aromatic N) is 2. The molecule has 1 aromatic rings. The molecule has 1 unspecified atom stereocenters. The number of nitrogens with one attached hydrogen (secondary N) is 1. The topological polar surface area (TPSA) is 58.0 Å². The molecule has 0 saturated heterocycles. The first-order chi connectivity index (χ1) is 6.50. The van der Waals surface area contributed by atoms with Crippen LogP contribution in [0.15, 0.2) is 18.6 Å². The largest absolute Gasteiger partial charge is 0.416 e. The molecule has 0 aliphatic carbocycles. The first-order valence-corrected chi connectivity index (χ1v) is 3.75. The fourth-order valence-electron chi connectivity index (χ4n) is 0.707. The quantitative estimate of drug-likeness (QED) is 0.770. The maximum absolute atomic E-state index is 11.8. The summed E-state index contributed by atoms with van der Waals surface area (Å²) < 4.78 is 35.5. The van der Waals surface area contributed by atoms with Crippen molar-refractivity contribution in [1.82, 2.24) is 9.97 Å². The summed E-state index contributed by atoms with van der Waals surface area (Å²) in [7, 11) is 0. The summed E-state index contributed by atoms with van der Waals surface area (Å²) in [5.74, 6) is 0.191. The van der Waals surface area contributed by atoms with Crippen LogP contribution in [-0.4, -0.2) is 33.9 Å². The number of aromatic nitrogens is 2. The SMILES string of the molecule is OC(CNc1cnccn1)C(F)(F)F. The van der Waals surface area contributed by atoms with Crippen molar-refractivity contribution in [1.29, 1.82) is 0 Å². The maximum atomic E-state index is 11.8. The van der Waals surface area contributed by atoms with Crippen LogP contribution in [0.2, 0.25) is 0 Å². The molecule has 1 aromatic heterocycles. The summed E-state index contributed by atoms with van der Waals surface area (Å²) in [4.78, 5) is 7.32. The van der Waals surface area contributed by atoms with Gasteiger partial charge in [0.05, 0.1) is 12.7 Å². The Balaban J connectivity index is 2.42. The Morgan fingerprint density at radius 3 is 2.64 bits per heavy atom. The van der Waals surface area contributed by atoms with Gasteiger partial charge in [-0.15, -0.1) is 0 Å². The van der Waals surface area contributed by atoms with Gasteiger partial charge in [-0.1, -0.05) is 0 Å². The number of rotatable bonds is 3. The second kappa shape index (κ2) is 4.23. The van der Waals surface area contributed by atoms with E-state index in [9.17, 15) is 13.2 Å². The van der Waals surface area contributed by atoms with E-state index >= 15 is 0 Å². The Hall–Kier alpha value is -1.37. The average Bonchev–Trinajstić information content (AvgIpc) is 2.14. The van der Waals surface area contributed by atoms with Crippen molar-refractivity contribution in [3.63, 3.8) is 0 Å². The number of aliphatic hydroxyl groups is 1. The van der Waals surface area contributed by atoms with Crippen molar-refractivity contribution < 1.29 is 18.3 Å². The van der Waals surface area contributed by atoms with E-state index in [1.807, 2.05) is 0 Å². The third-order valence-corrected chi connectivity index (χ3v) is 1.42. The van der Waals surface area contributed by atoms with Gasteiger partial charge in [0, 0.05) is 12.4 Å². The Labute approximate surface area is 77.8 Å². The number of anilines is 1. The molecule has 4 nitrogen and oxygen atoms in total. The Kier molecular flexibility index (Phi) is 3.23. The summed E-state index contributed by atoms with van der Waals surface area (Å²) in [5, 5.41) is 10.9. The summed E-state index contributed by atoms with van der Waals surface area (Å²) >= 11 is 0. The van der Waals surface area contributed by atoms with Gasteiger partial charge in [-0.2, -0.15) is 13.2 Å². The van der Waals surface area contributed by atoms with Crippen LogP contribution in [-0.2, 0) is 0 Å². The summed E-state index contributed by atoms with van der Waals surface area (Å²) in [6, 6.07) is 0. The molecule has 0 amide bonds. The molecule has 1 rings (SSSR count). The zero-order valence-corrected chi connectivity index (χ0v) is 6.99. The van der Waals surface area contributed by atoms with Gasteiger partial charge in [-0.05, 0) is 0 Å². The van der Waals surface area contributed by atoms with Gasteiger partial charge >= 0.3 is 6.18 Å². The fraction of sp³-hybridized carbons (Fsp3) is 0.429. The normalized spacial score (nSPS) is 13.7. The van der Waals surface area contributed by atoms with E-state index in [1.54, 1.807) is 0 Å². The van der Waals surface area contributed by atoms with Crippen LogP contribution >= 0.6 is 0 Å². The highest BCUT2D eigenvalue weighted by atomic mass is 19.4. The van der Waals surface area contributed by atoms with Crippen molar-refractivity contribution >= 4 is 5.82 Å². The van der Waals surface area contributed by atoms with Crippen molar-refractivity contribution in [2.75, 3.05) is 11.9 Å². The Morgan fingerprint density at radius 2 is 2.14 bits per heavy atom. The van der Waals surface area contributed by atoms with E-state index in [0.29, 0.717) is 0 Å². The molecule has 14 heavy (non-hydrogen) atoms. The van der Waals surface area contributed by atoms with Crippen LogP contribution in [0.3, 0.4) is 0 Å². The van der Waals surface area contributed by atoms with E-state index in [0.717, 1.165) is 0 Å². The number of hydrogen-bond donors (Lipinski definition) is 2. The lowest BCUT2D eigenvalue weighted by Gasteiger charge is -2.14. The van der Waals surface area contributed by atoms with Gasteiger partial charge in [0.1, 0.15) is 5.82 Å². The lowest BCUT2D eigenvalue weighted by Crippen LogP contribution is -2.35. The predicted molar refractivity (Wildman–Crippen MR) is 42.6 cm³/mol. The number of alkyl halides is 3. The fourth-order valence-corrected chi connectivity index (χ4v) is 0.707. The molecule has 0 aliphatic heterocycles. The van der Waals surface area contributed by atoms with E-state index in [2.05, 4.69) is 15.3 Å². The molecule has 78 valence electrons. The second-order valence-electron chi connectivity index (χ2n) is 2.53. The smallest absolute Gasteiger partial charge is 0.382 e. The second-order valence-corrected chi connectivity index (χ2v) is 2.53. The summed E-state index contributed by atoms with van der Waals surface area (Å²) in [6.07, 6.45) is -3.02. The molecule has 1 atom stereocenters. The van der Waals surface area contributed by atoms with Crippen molar-refractivity contribution in [3.8, 4) is 0 Å². The number of aliphatic hydroxyl groups excluding tert-OH is 1. The molecule has 7 heteroatoms. The number of halogens is 3. The van der Waals surface area contributed by atoms with E-state index in [-0.39, 0.29) is 5.82 Å². The maximum Gasteiger partial charge on any atom is 0.416 e. The van der Waals surface area contributed by atoms with Crippen molar-refractivity contribution in [2.24, 2.45) is 0 Å². The highest BCUT2D eigenvalue weighted by Gasteiger charge is 2.37. The van der Waals surface area contributed by atoms with E-state index in [1.165, 1.54) is 18.6 Å². The summed E-state index contributed by atoms with van der Waals surface area (Å²) in [6.45, 7) is -0.637. The molecule has 2 N–H and O–H groups in total. The van der Waals surface area contributed by atoms with Gasteiger partial charge in [0.2, 0.25) is 0 Å². The van der Waals surface area contributed by atoms with Crippen molar-refractivity contribution in [2.45, 2.75) is 12.3 Å². The molecule has 0 aromatic carbocycles. The van der Waals surface area contributed by atoms with Gasteiger partial charge in [0.25, 0.3) is 0 Å². The number of hydrogen-bond acceptors (Lipinski definition) is 4. The van der Waals surface area contributed by atoms with Crippen LogP contribution < -0.4 is 5.32 Å². The minimum absolute atomic E-state index is 0.191. The molecule has 1 heterocycles. The Bertz CT molecular complexity index is 277. The minimum Gasteiger partial charge on any atom is -0.382 e. The van der Waals surface area contributed by atoms with Gasteiger partial charge in [-0.25, -0.2) is 4.98 Å². The third kappa shape index (κ3) is 3.17. The van der Waals surface area contributed by atoms with Gasteiger partial charge in [0.15, 0.2) is 6.10 Å².